The number of hydrogen-bond acceptors (Lipinski definition) is 1. The molecule has 1 fully saturated rings. The molecule has 1 nitrogen and oxygen atoms in total. The van der Waals surface area contributed by atoms with Gasteiger partial charge in [0, 0.05) is 6.42 Å². The summed E-state index contributed by atoms with van der Waals surface area (Å²) in [5, 5.41) is 2.64. The largest absolute Gasteiger partial charge is 0.360 e. The van der Waals surface area contributed by atoms with E-state index in [-0.39, 0.29) is 17.1 Å². The highest BCUT2D eigenvalue weighted by atomic mass is 16.6. The monoisotopic (exact) mass is 316 g/mol. The predicted octanol–water partition coefficient (Wildman–Crippen LogP) is 5.72. The fourth-order valence-corrected chi connectivity index (χ4v) is 4.08. The summed E-state index contributed by atoms with van der Waals surface area (Å²) in [5.41, 5.74) is 2.54. The fourth-order valence-electron chi connectivity index (χ4n) is 4.08. The van der Waals surface area contributed by atoms with E-state index in [1.165, 1.54) is 21.9 Å². The smallest absolute Gasteiger partial charge is 0.125 e. The zero-order chi connectivity index (χ0) is 16.8. The molecule has 1 heterocycles. The van der Waals surface area contributed by atoms with Crippen molar-refractivity contribution in [3.8, 4) is 0 Å². The lowest BCUT2D eigenvalue weighted by atomic mass is 9.73. The van der Waals surface area contributed by atoms with Gasteiger partial charge in [-0.1, -0.05) is 93.6 Å². The van der Waals surface area contributed by atoms with Crippen molar-refractivity contribution >= 4 is 10.8 Å². The first-order chi connectivity index (χ1) is 11.5. The third-order valence-electron chi connectivity index (χ3n) is 5.33. The number of fused-ring (bicyclic) bond motifs is 1. The first kappa shape index (κ1) is 15.4. The zero-order valence-corrected chi connectivity index (χ0v) is 14.6. The van der Waals surface area contributed by atoms with E-state index in [4.69, 9.17) is 4.74 Å². The lowest BCUT2D eigenvalue weighted by Gasteiger charge is -2.29. The summed E-state index contributed by atoms with van der Waals surface area (Å²) in [5.74, 6) is 0. The standard InChI is InChI=1S/C23H24O/c1-22(2,3)23(19-13-5-4-6-14-19)21(24-23)16-18-12-9-11-17-10-7-8-15-20(17)18/h4-15,21H,16H2,1-3H3/t21-,23+/m0/s1. The first-order valence-corrected chi connectivity index (χ1v) is 8.72. The van der Waals surface area contributed by atoms with E-state index < -0.39 is 0 Å². The number of hydrogen-bond donors (Lipinski definition) is 0. The molecule has 0 unspecified atom stereocenters. The minimum absolute atomic E-state index is 0.0591. The molecule has 0 spiro atoms. The fraction of sp³-hybridized carbons (Fsp3) is 0.304. The van der Waals surface area contributed by atoms with Crippen molar-refractivity contribution in [2.45, 2.75) is 38.9 Å². The Balaban J connectivity index is 1.71. The van der Waals surface area contributed by atoms with E-state index in [9.17, 15) is 0 Å². The van der Waals surface area contributed by atoms with Gasteiger partial charge in [-0.05, 0) is 27.3 Å². The summed E-state index contributed by atoms with van der Waals surface area (Å²) in [6, 6.07) is 25.9. The van der Waals surface area contributed by atoms with Gasteiger partial charge in [0.1, 0.15) is 5.60 Å². The maximum atomic E-state index is 6.41. The van der Waals surface area contributed by atoms with Crippen molar-refractivity contribution in [3.05, 3.63) is 83.9 Å². The summed E-state index contributed by atoms with van der Waals surface area (Å²) < 4.78 is 6.41. The van der Waals surface area contributed by atoms with Gasteiger partial charge in [-0.25, -0.2) is 0 Å². The number of rotatable bonds is 3. The van der Waals surface area contributed by atoms with Gasteiger partial charge in [-0.15, -0.1) is 0 Å². The third-order valence-corrected chi connectivity index (χ3v) is 5.33. The molecule has 1 aliphatic heterocycles. The second kappa shape index (κ2) is 5.46. The number of benzene rings is 3. The van der Waals surface area contributed by atoms with E-state index in [0.29, 0.717) is 0 Å². The lowest BCUT2D eigenvalue weighted by Crippen LogP contribution is -2.31. The van der Waals surface area contributed by atoms with Crippen LogP contribution in [0, 0.1) is 5.41 Å². The van der Waals surface area contributed by atoms with E-state index in [1.54, 1.807) is 0 Å². The average Bonchev–Trinajstić information content (AvgIpc) is 3.31. The van der Waals surface area contributed by atoms with Crippen LogP contribution in [0.3, 0.4) is 0 Å². The van der Waals surface area contributed by atoms with Gasteiger partial charge in [-0.3, -0.25) is 0 Å². The van der Waals surface area contributed by atoms with Crippen molar-refractivity contribution < 1.29 is 4.74 Å². The molecule has 0 aromatic heterocycles. The lowest BCUT2D eigenvalue weighted by molar-refractivity contribution is 0.155. The molecular weight excluding hydrogens is 292 g/mol. The number of epoxide rings is 1. The summed E-state index contributed by atoms with van der Waals surface area (Å²) in [6.07, 6.45) is 1.18. The Kier molecular flexibility index (Phi) is 3.51. The van der Waals surface area contributed by atoms with Crippen LogP contribution in [0.2, 0.25) is 0 Å². The van der Waals surface area contributed by atoms with Crippen LogP contribution in [-0.4, -0.2) is 6.10 Å². The van der Waals surface area contributed by atoms with Crippen LogP contribution in [-0.2, 0) is 16.8 Å². The highest BCUT2D eigenvalue weighted by Crippen LogP contribution is 2.59. The quantitative estimate of drug-likeness (QED) is 0.563. The minimum Gasteiger partial charge on any atom is -0.360 e. The summed E-state index contributed by atoms with van der Waals surface area (Å²) in [7, 11) is 0. The molecule has 4 rings (SSSR count). The second-order valence-corrected chi connectivity index (χ2v) is 7.80. The Morgan fingerprint density at radius 3 is 2.25 bits per heavy atom. The van der Waals surface area contributed by atoms with E-state index in [2.05, 4.69) is 93.6 Å². The van der Waals surface area contributed by atoms with Crippen LogP contribution in [0.5, 0.6) is 0 Å². The second-order valence-electron chi connectivity index (χ2n) is 7.80. The maximum absolute atomic E-state index is 6.41. The topological polar surface area (TPSA) is 12.5 Å². The van der Waals surface area contributed by atoms with Gasteiger partial charge in [0.25, 0.3) is 0 Å². The molecule has 3 aromatic rings. The van der Waals surface area contributed by atoms with Crippen LogP contribution < -0.4 is 0 Å². The highest BCUT2D eigenvalue weighted by molar-refractivity contribution is 5.85. The normalized spacial score (nSPS) is 23.4. The first-order valence-electron chi connectivity index (χ1n) is 8.72. The van der Waals surface area contributed by atoms with Crippen molar-refractivity contribution in [1.82, 2.24) is 0 Å². The van der Waals surface area contributed by atoms with E-state index >= 15 is 0 Å². The van der Waals surface area contributed by atoms with Crippen molar-refractivity contribution in [3.63, 3.8) is 0 Å². The summed E-state index contributed by atoms with van der Waals surface area (Å²) in [6.45, 7) is 6.84. The molecule has 0 N–H and O–H groups in total. The molecular formula is C23H24O. The molecule has 0 saturated carbocycles. The summed E-state index contributed by atoms with van der Waals surface area (Å²) >= 11 is 0. The van der Waals surface area contributed by atoms with Gasteiger partial charge in [0.15, 0.2) is 0 Å². The van der Waals surface area contributed by atoms with Crippen molar-refractivity contribution in [2.75, 3.05) is 0 Å². The van der Waals surface area contributed by atoms with Crippen LogP contribution in [0.4, 0.5) is 0 Å². The molecule has 122 valence electrons. The zero-order valence-electron chi connectivity index (χ0n) is 14.6. The molecule has 1 aliphatic rings. The Labute approximate surface area is 144 Å². The van der Waals surface area contributed by atoms with Crippen molar-refractivity contribution in [2.24, 2.45) is 5.41 Å². The van der Waals surface area contributed by atoms with Gasteiger partial charge in [-0.2, -0.15) is 0 Å². The molecule has 0 aliphatic carbocycles. The Morgan fingerprint density at radius 2 is 1.50 bits per heavy atom. The van der Waals surface area contributed by atoms with Gasteiger partial charge in [0.2, 0.25) is 0 Å². The van der Waals surface area contributed by atoms with Crippen LogP contribution in [0.1, 0.15) is 31.9 Å². The highest BCUT2D eigenvalue weighted by Gasteiger charge is 2.64. The molecule has 1 heteroatoms. The molecule has 0 amide bonds. The summed E-state index contributed by atoms with van der Waals surface area (Å²) in [4.78, 5) is 0. The van der Waals surface area contributed by atoms with Gasteiger partial charge in [0.05, 0.1) is 6.10 Å². The predicted molar refractivity (Wildman–Crippen MR) is 100 cm³/mol. The SMILES string of the molecule is CC(C)(C)[C@]1(c2ccccc2)O[C@H]1Cc1cccc2ccccc12. The van der Waals surface area contributed by atoms with Crippen LogP contribution in [0.15, 0.2) is 72.8 Å². The molecule has 3 aromatic carbocycles. The minimum atomic E-state index is -0.189. The Bertz CT molecular complexity index is 855. The van der Waals surface area contributed by atoms with E-state index in [0.717, 1.165) is 6.42 Å². The molecule has 0 radical (unpaired) electrons. The van der Waals surface area contributed by atoms with Crippen molar-refractivity contribution in [1.29, 1.82) is 0 Å². The third kappa shape index (κ3) is 2.35. The molecule has 24 heavy (non-hydrogen) atoms. The van der Waals surface area contributed by atoms with Gasteiger partial charge < -0.3 is 4.74 Å². The van der Waals surface area contributed by atoms with E-state index in [1.807, 2.05) is 0 Å². The number of ether oxygens (including phenoxy) is 1. The van der Waals surface area contributed by atoms with Gasteiger partial charge >= 0.3 is 0 Å². The van der Waals surface area contributed by atoms with Crippen LogP contribution >= 0.6 is 0 Å². The van der Waals surface area contributed by atoms with Crippen LogP contribution in [0.25, 0.3) is 10.8 Å². The molecule has 2 atom stereocenters. The Morgan fingerprint density at radius 1 is 0.833 bits per heavy atom. The maximum Gasteiger partial charge on any atom is 0.125 e. The molecule has 0 bridgehead atoms. The average molecular weight is 316 g/mol. The Hall–Kier alpha value is -2.12. The molecule has 1 saturated heterocycles.